The van der Waals surface area contributed by atoms with E-state index in [0.717, 1.165) is 17.9 Å². The maximum Gasteiger partial charge on any atom is 0.338 e. The zero-order valence-corrected chi connectivity index (χ0v) is 10.2. The Balaban J connectivity index is 2.98. The predicted octanol–water partition coefficient (Wildman–Crippen LogP) is 2.57. The summed E-state index contributed by atoms with van der Waals surface area (Å²) in [6.07, 6.45) is 2.48. The number of nitro groups is 1. The van der Waals surface area contributed by atoms with E-state index >= 15 is 0 Å². The van der Waals surface area contributed by atoms with E-state index in [-0.39, 0.29) is 17.8 Å². The van der Waals surface area contributed by atoms with E-state index in [1.807, 2.05) is 6.92 Å². The molecule has 0 heterocycles. The molecule has 0 unspecified atom stereocenters. The zero-order valence-electron chi connectivity index (χ0n) is 10.2. The van der Waals surface area contributed by atoms with Crippen molar-refractivity contribution < 1.29 is 14.9 Å². The first-order valence-corrected chi connectivity index (χ1v) is 5.82. The molecule has 0 saturated heterocycles. The van der Waals surface area contributed by atoms with Crippen LogP contribution < -0.4 is 5.01 Å². The van der Waals surface area contributed by atoms with Gasteiger partial charge in [-0.1, -0.05) is 36.9 Å². The molecular formula is C12H16N2O4. The largest absolute Gasteiger partial charge is 0.478 e. The molecule has 0 saturated carbocycles. The van der Waals surface area contributed by atoms with Crippen LogP contribution in [0.3, 0.4) is 0 Å². The fraction of sp³-hybridized carbons (Fsp3) is 0.417. The van der Waals surface area contributed by atoms with Gasteiger partial charge in [0.05, 0.1) is 12.1 Å². The first-order chi connectivity index (χ1) is 8.57. The highest BCUT2D eigenvalue weighted by molar-refractivity contribution is 5.94. The van der Waals surface area contributed by atoms with Gasteiger partial charge in [0, 0.05) is 0 Å². The molecule has 18 heavy (non-hydrogen) atoms. The number of rotatable bonds is 7. The molecule has 0 aromatic heterocycles. The normalized spacial score (nSPS) is 10.1. The van der Waals surface area contributed by atoms with Gasteiger partial charge in [-0.3, -0.25) is 0 Å². The third-order valence-electron chi connectivity index (χ3n) is 2.58. The van der Waals surface area contributed by atoms with Crippen molar-refractivity contribution in [3.05, 3.63) is 39.9 Å². The molecule has 6 nitrogen and oxygen atoms in total. The summed E-state index contributed by atoms with van der Waals surface area (Å²) in [6.45, 7) is 2.22. The van der Waals surface area contributed by atoms with Crippen LogP contribution in [0.2, 0.25) is 0 Å². The Bertz CT molecular complexity index is 434. The molecule has 0 radical (unpaired) electrons. The van der Waals surface area contributed by atoms with Gasteiger partial charge in [0.25, 0.3) is 0 Å². The highest BCUT2D eigenvalue weighted by Gasteiger charge is 2.22. The van der Waals surface area contributed by atoms with E-state index in [1.54, 1.807) is 12.1 Å². The van der Waals surface area contributed by atoms with Crippen LogP contribution in [0.15, 0.2) is 24.3 Å². The van der Waals surface area contributed by atoms with Gasteiger partial charge >= 0.3 is 5.97 Å². The molecule has 1 rings (SSSR count). The van der Waals surface area contributed by atoms with Gasteiger partial charge in [0.15, 0.2) is 5.03 Å². The number of carbonyl (C=O) groups is 1. The van der Waals surface area contributed by atoms with Crippen LogP contribution in [0.4, 0.5) is 5.69 Å². The van der Waals surface area contributed by atoms with E-state index in [9.17, 15) is 14.9 Å². The molecule has 0 aliphatic heterocycles. The predicted molar refractivity (Wildman–Crippen MR) is 67.3 cm³/mol. The Labute approximate surface area is 105 Å². The van der Waals surface area contributed by atoms with Gasteiger partial charge in [-0.2, -0.15) is 0 Å². The SMILES string of the molecule is CCCCCN(c1ccccc1C(=O)O)[N+](=O)[O-]. The number of unbranched alkanes of at least 4 members (excludes halogenated alkanes) is 2. The van der Waals surface area contributed by atoms with Gasteiger partial charge in [0.2, 0.25) is 0 Å². The monoisotopic (exact) mass is 252 g/mol. The number of carboxylic acid groups (broad SMARTS) is 1. The summed E-state index contributed by atoms with van der Waals surface area (Å²) in [5.41, 5.74) is 0.0804. The zero-order chi connectivity index (χ0) is 13.5. The number of para-hydroxylation sites is 1. The number of carboxylic acids is 1. The van der Waals surface area contributed by atoms with Crippen LogP contribution in [0.5, 0.6) is 0 Å². The van der Waals surface area contributed by atoms with Crippen LogP contribution in [0.25, 0.3) is 0 Å². The van der Waals surface area contributed by atoms with Crippen molar-refractivity contribution in [2.24, 2.45) is 0 Å². The second kappa shape index (κ2) is 6.58. The molecule has 1 aromatic rings. The molecule has 1 N–H and O–H groups in total. The number of anilines is 1. The van der Waals surface area contributed by atoms with Crippen LogP contribution >= 0.6 is 0 Å². The molecule has 6 heteroatoms. The Morgan fingerprint density at radius 3 is 2.61 bits per heavy atom. The van der Waals surface area contributed by atoms with Crippen molar-refractivity contribution in [2.75, 3.05) is 11.6 Å². The minimum atomic E-state index is -1.16. The van der Waals surface area contributed by atoms with Crippen LogP contribution in [-0.2, 0) is 0 Å². The first-order valence-electron chi connectivity index (χ1n) is 5.82. The third-order valence-corrected chi connectivity index (χ3v) is 2.58. The summed E-state index contributed by atoms with van der Waals surface area (Å²) < 4.78 is 0. The summed E-state index contributed by atoms with van der Waals surface area (Å²) in [7, 11) is 0. The lowest BCUT2D eigenvalue weighted by Crippen LogP contribution is -2.32. The Hall–Kier alpha value is -2.11. The lowest BCUT2D eigenvalue weighted by Gasteiger charge is -2.15. The molecule has 0 spiro atoms. The molecule has 0 aliphatic rings. The Morgan fingerprint density at radius 2 is 2.06 bits per heavy atom. The second-order valence-electron chi connectivity index (χ2n) is 3.89. The summed E-state index contributed by atoms with van der Waals surface area (Å²) in [4.78, 5) is 22.0. The fourth-order valence-corrected chi connectivity index (χ4v) is 1.68. The summed E-state index contributed by atoms with van der Waals surface area (Å²) in [5.74, 6) is -1.16. The average Bonchev–Trinajstić information content (AvgIpc) is 2.34. The molecular weight excluding hydrogens is 236 g/mol. The van der Waals surface area contributed by atoms with Crippen LogP contribution in [0.1, 0.15) is 36.5 Å². The van der Waals surface area contributed by atoms with E-state index in [1.165, 1.54) is 12.1 Å². The lowest BCUT2D eigenvalue weighted by atomic mass is 10.1. The molecule has 0 aliphatic carbocycles. The number of nitrogens with zero attached hydrogens (tertiary/aromatic N) is 2. The molecule has 0 bridgehead atoms. The number of hydrogen-bond acceptors (Lipinski definition) is 3. The van der Waals surface area contributed by atoms with Gasteiger partial charge in [-0.05, 0) is 18.6 Å². The number of aromatic carboxylic acids is 1. The first kappa shape index (κ1) is 14.0. The van der Waals surface area contributed by atoms with Crippen LogP contribution in [0, 0.1) is 10.1 Å². The smallest absolute Gasteiger partial charge is 0.338 e. The van der Waals surface area contributed by atoms with E-state index in [2.05, 4.69) is 0 Å². The standard InChI is InChI=1S/C12H16N2O4/c1-2-3-6-9-13(14(17)18)11-8-5-4-7-10(11)12(15)16/h4-5,7-8H,2-3,6,9H2,1H3,(H,15,16). The van der Waals surface area contributed by atoms with Crippen LogP contribution in [-0.4, -0.2) is 22.7 Å². The lowest BCUT2D eigenvalue weighted by molar-refractivity contribution is -0.494. The molecule has 98 valence electrons. The topological polar surface area (TPSA) is 83.7 Å². The third kappa shape index (κ3) is 3.44. The minimum Gasteiger partial charge on any atom is -0.478 e. The Morgan fingerprint density at radius 1 is 1.39 bits per heavy atom. The second-order valence-corrected chi connectivity index (χ2v) is 3.89. The van der Waals surface area contributed by atoms with Gasteiger partial charge in [-0.25, -0.2) is 14.9 Å². The number of hydrazine groups is 1. The number of hydrogen-bond donors (Lipinski definition) is 1. The number of benzene rings is 1. The maximum absolute atomic E-state index is 11.0. The van der Waals surface area contributed by atoms with Crippen molar-refractivity contribution in [2.45, 2.75) is 26.2 Å². The highest BCUT2D eigenvalue weighted by atomic mass is 16.7. The van der Waals surface area contributed by atoms with Gasteiger partial charge in [-0.15, -0.1) is 0 Å². The minimum absolute atomic E-state index is 0.0503. The van der Waals surface area contributed by atoms with Gasteiger partial charge < -0.3 is 5.11 Å². The molecule has 0 amide bonds. The summed E-state index contributed by atoms with van der Waals surface area (Å²) in [5, 5.41) is 20.4. The molecule has 0 fully saturated rings. The average molecular weight is 252 g/mol. The maximum atomic E-state index is 11.0. The van der Waals surface area contributed by atoms with Crippen molar-refractivity contribution >= 4 is 11.7 Å². The summed E-state index contributed by atoms with van der Waals surface area (Å²) in [6, 6.07) is 5.97. The molecule has 1 aromatic carbocycles. The van der Waals surface area contributed by atoms with E-state index < -0.39 is 11.0 Å². The van der Waals surface area contributed by atoms with Crippen molar-refractivity contribution in [3.63, 3.8) is 0 Å². The molecule has 0 atom stereocenters. The van der Waals surface area contributed by atoms with E-state index in [0.29, 0.717) is 6.42 Å². The highest BCUT2D eigenvalue weighted by Crippen LogP contribution is 2.21. The fourth-order valence-electron chi connectivity index (χ4n) is 1.68. The van der Waals surface area contributed by atoms with Gasteiger partial charge in [0.1, 0.15) is 5.69 Å². The Kier molecular flexibility index (Phi) is 5.10. The van der Waals surface area contributed by atoms with Crippen molar-refractivity contribution in [3.8, 4) is 0 Å². The quantitative estimate of drug-likeness (QED) is 0.458. The van der Waals surface area contributed by atoms with Crippen molar-refractivity contribution in [1.29, 1.82) is 0 Å². The van der Waals surface area contributed by atoms with E-state index in [4.69, 9.17) is 5.11 Å². The van der Waals surface area contributed by atoms with Crippen molar-refractivity contribution in [1.82, 2.24) is 0 Å². The summed E-state index contributed by atoms with van der Waals surface area (Å²) >= 11 is 0.